The largest absolute Gasteiger partial charge is 0.497 e. The summed E-state index contributed by atoms with van der Waals surface area (Å²) in [6.45, 7) is 1.72. The second kappa shape index (κ2) is 8.53. The van der Waals surface area contributed by atoms with E-state index < -0.39 is 0 Å². The molecule has 0 unspecified atom stereocenters. The Morgan fingerprint density at radius 1 is 0.929 bits per heavy atom. The summed E-state index contributed by atoms with van der Waals surface area (Å²) >= 11 is 1.11. The number of hydrogen-bond donors (Lipinski definition) is 2. The molecule has 28 heavy (non-hydrogen) atoms. The van der Waals surface area contributed by atoms with Crippen molar-refractivity contribution in [1.29, 1.82) is 0 Å². The van der Waals surface area contributed by atoms with Crippen LogP contribution in [-0.4, -0.2) is 31.0 Å². The van der Waals surface area contributed by atoms with Crippen LogP contribution in [0.3, 0.4) is 0 Å². The van der Waals surface area contributed by atoms with E-state index in [1.807, 2.05) is 0 Å². The van der Waals surface area contributed by atoms with Crippen molar-refractivity contribution in [1.82, 2.24) is 4.98 Å². The molecule has 0 aliphatic rings. The van der Waals surface area contributed by atoms with Gasteiger partial charge in [-0.25, -0.2) is 4.98 Å². The first-order valence-electron chi connectivity index (χ1n) is 8.38. The lowest BCUT2D eigenvalue weighted by Crippen LogP contribution is -2.11. The number of ether oxygens (including phenoxy) is 2. The Morgan fingerprint density at radius 2 is 1.61 bits per heavy atom. The molecule has 8 heteroatoms. The van der Waals surface area contributed by atoms with Crippen LogP contribution in [0.25, 0.3) is 0 Å². The Morgan fingerprint density at radius 3 is 2.32 bits per heavy atom. The van der Waals surface area contributed by atoms with Gasteiger partial charge in [0.25, 0.3) is 11.8 Å². The molecule has 2 aromatic carbocycles. The quantitative estimate of drug-likeness (QED) is 0.657. The number of hydrogen-bond acceptors (Lipinski definition) is 6. The van der Waals surface area contributed by atoms with Crippen LogP contribution in [0.15, 0.2) is 48.5 Å². The van der Waals surface area contributed by atoms with E-state index in [1.54, 1.807) is 62.6 Å². The summed E-state index contributed by atoms with van der Waals surface area (Å²) in [7, 11) is 3.10. The summed E-state index contributed by atoms with van der Waals surface area (Å²) in [6, 6.07) is 13.9. The maximum atomic E-state index is 12.6. The van der Waals surface area contributed by atoms with Gasteiger partial charge in [0.1, 0.15) is 16.4 Å². The number of aryl methyl sites for hydroxylation is 1. The summed E-state index contributed by atoms with van der Waals surface area (Å²) in [5, 5.41) is 5.88. The van der Waals surface area contributed by atoms with Crippen molar-refractivity contribution >= 4 is 34.0 Å². The van der Waals surface area contributed by atoms with Gasteiger partial charge in [-0.05, 0) is 37.3 Å². The molecule has 0 spiro atoms. The van der Waals surface area contributed by atoms with Crippen molar-refractivity contribution in [3.8, 4) is 11.5 Å². The molecule has 0 radical (unpaired) electrons. The highest BCUT2D eigenvalue weighted by Crippen LogP contribution is 2.25. The number of aromatic nitrogens is 1. The predicted octanol–water partition coefficient (Wildman–Crippen LogP) is 3.97. The van der Waals surface area contributed by atoms with Gasteiger partial charge in [-0.15, -0.1) is 0 Å². The normalized spacial score (nSPS) is 10.2. The van der Waals surface area contributed by atoms with Crippen LogP contribution in [0.4, 0.5) is 10.8 Å². The SMILES string of the molecule is COc1cccc(NC(=O)c2sc(NC(=O)c3cccc(OC)c3)nc2C)c1. The molecule has 144 valence electrons. The van der Waals surface area contributed by atoms with Gasteiger partial charge < -0.3 is 14.8 Å². The predicted molar refractivity (Wildman–Crippen MR) is 109 cm³/mol. The Balaban J connectivity index is 1.73. The topological polar surface area (TPSA) is 89.6 Å². The van der Waals surface area contributed by atoms with E-state index in [9.17, 15) is 9.59 Å². The fourth-order valence-electron chi connectivity index (χ4n) is 2.48. The number of thiazole rings is 1. The van der Waals surface area contributed by atoms with Crippen LogP contribution in [0.2, 0.25) is 0 Å². The van der Waals surface area contributed by atoms with Crippen molar-refractivity contribution in [2.45, 2.75) is 6.92 Å². The lowest BCUT2D eigenvalue weighted by molar-refractivity contribution is 0.102. The van der Waals surface area contributed by atoms with E-state index >= 15 is 0 Å². The molecule has 0 atom stereocenters. The van der Waals surface area contributed by atoms with Crippen LogP contribution in [0, 0.1) is 6.92 Å². The number of rotatable bonds is 6. The van der Waals surface area contributed by atoms with Crippen molar-refractivity contribution in [3.63, 3.8) is 0 Å². The van der Waals surface area contributed by atoms with Gasteiger partial charge in [-0.2, -0.15) is 0 Å². The molecule has 3 rings (SSSR count). The van der Waals surface area contributed by atoms with Crippen LogP contribution in [0.1, 0.15) is 25.7 Å². The fourth-order valence-corrected chi connectivity index (χ4v) is 3.34. The maximum absolute atomic E-state index is 12.6. The number of nitrogens with one attached hydrogen (secondary N) is 2. The third-order valence-corrected chi connectivity index (χ3v) is 4.95. The molecule has 7 nitrogen and oxygen atoms in total. The second-order valence-electron chi connectivity index (χ2n) is 5.81. The van der Waals surface area contributed by atoms with Crippen molar-refractivity contribution in [3.05, 3.63) is 64.7 Å². The first-order valence-corrected chi connectivity index (χ1v) is 9.20. The minimum absolute atomic E-state index is 0.301. The Hall–Kier alpha value is -3.39. The van der Waals surface area contributed by atoms with Gasteiger partial charge in [0.05, 0.1) is 19.9 Å². The zero-order chi connectivity index (χ0) is 20.1. The summed E-state index contributed by atoms with van der Waals surface area (Å²) in [5.41, 5.74) is 1.58. The van der Waals surface area contributed by atoms with Crippen molar-refractivity contribution < 1.29 is 19.1 Å². The van der Waals surface area contributed by atoms with Crippen molar-refractivity contribution in [2.24, 2.45) is 0 Å². The average molecular weight is 397 g/mol. The zero-order valence-electron chi connectivity index (χ0n) is 15.6. The lowest BCUT2D eigenvalue weighted by Gasteiger charge is -2.06. The monoisotopic (exact) mass is 397 g/mol. The van der Waals surface area contributed by atoms with E-state index in [0.717, 1.165) is 11.3 Å². The molecule has 1 aromatic heterocycles. The highest BCUT2D eigenvalue weighted by atomic mass is 32.1. The molecule has 2 amide bonds. The van der Waals surface area contributed by atoms with Crippen LogP contribution in [0.5, 0.6) is 11.5 Å². The Labute approximate surface area is 166 Å². The van der Waals surface area contributed by atoms with Gasteiger partial charge in [0.2, 0.25) is 0 Å². The van der Waals surface area contributed by atoms with Gasteiger partial charge in [-0.3, -0.25) is 14.9 Å². The number of methoxy groups -OCH3 is 2. The molecule has 1 heterocycles. The van der Waals surface area contributed by atoms with Crippen LogP contribution in [-0.2, 0) is 0 Å². The molecule has 0 saturated heterocycles. The minimum Gasteiger partial charge on any atom is -0.497 e. The molecular formula is C20H19N3O4S. The molecule has 0 fully saturated rings. The molecule has 0 aliphatic carbocycles. The number of nitrogens with zero attached hydrogens (tertiary/aromatic N) is 1. The first-order chi connectivity index (χ1) is 13.5. The standard InChI is InChI=1S/C20H19N3O4S/c1-12-17(19(25)22-14-7-5-9-16(11-14)27-3)28-20(21-12)23-18(24)13-6-4-8-15(10-13)26-2/h4-11H,1-3H3,(H,22,25)(H,21,23,24). The molecule has 0 bridgehead atoms. The van der Waals surface area contributed by atoms with Gasteiger partial charge in [0.15, 0.2) is 5.13 Å². The summed E-state index contributed by atoms with van der Waals surface area (Å²) in [6.07, 6.45) is 0. The van der Waals surface area contributed by atoms with E-state index in [0.29, 0.717) is 38.5 Å². The molecule has 0 saturated carbocycles. The van der Waals surface area contributed by atoms with Crippen LogP contribution < -0.4 is 20.1 Å². The molecular weight excluding hydrogens is 378 g/mol. The molecule has 2 N–H and O–H groups in total. The average Bonchev–Trinajstić information content (AvgIpc) is 3.08. The Kier molecular flexibility index (Phi) is 5.90. The smallest absolute Gasteiger partial charge is 0.267 e. The van der Waals surface area contributed by atoms with E-state index in [4.69, 9.17) is 9.47 Å². The second-order valence-corrected chi connectivity index (χ2v) is 6.80. The van der Waals surface area contributed by atoms with Gasteiger partial charge in [0, 0.05) is 17.3 Å². The summed E-state index contributed by atoms with van der Waals surface area (Å²) < 4.78 is 10.3. The van der Waals surface area contributed by atoms with Gasteiger partial charge >= 0.3 is 0 Å². The van der Waals surface area contributed by atoms with E-state index in [1.165, 1.54) is 7.11 Å². The third kappa shape index (κ3) is 4.47. The highest BCUT2D eigenvalue weighted by Gasteiger charge is 2.17. The van der Waals surface area contributed by atoms with Crippen molar-refractivity contribution in [2.75, 3.05) is 24.9 Å². The first kappa shape index (κ1) is 19.4. The number of benzene rings is 2. The minimum atomic E-state index is -0.326. The molecule has 0 aliphatic heterocycles. The van der Waals surface area contributed by atoms with E-state index in [2.05, 4.69) is 15.6 Å². The number of amides is 2. The summed E-state index contributed by atoms with van der Waals surface area (Å²) in [5.74, 6) is 0.601. The Bertz CT molecular complexity index is 1020. The van der Waals surface area contributed by atoms with Crippen LogP contribution >= 0.6 is 11.3 Å². The third-order valence-electron chi connectivity index (χ3n) is 3.88. The van der Waals surface area contributed by atoms with Gasteiger partial charge in [-0.1, -0.05) is 23.5 Å². The lowest BCUT2D eigenvalue weighted by atomic mass is 10.2. The number of carbonyl (C=O) groups excluding carboxylic acids is 2. The number of anilines is 2. The van der Waals surface area contributed by atoms with E-state index in [-0.39, 0.29) is 11.8 Å². The fraction of sp³-hybridized carbons (Fsp3) is 0.150. The maximum Gasteiger partial charge on any atom is 0.267 e. The number of carbonyl (C=O) groups is 2. The molecule has 3 aromatic rings. The highest BCUT2D eigenvalue weighted by molar-refractivity contribution is 7.17. The summed E-state index contributed by atoms with van der Waals surface area (Å²) in [4.78, 5) is 29.7. The zero-order valence-corrected chi connectivity index (χ0v) is 16.4.